The molecule has 0 fully saturated rings. The number of nitrogens with one attached hydrogen (secondary N) is 1. The van der Waals surface area contributed by atoms with E-state index in [1.54, 1.807) is 18.2 Å². The van der Waals surface area contributed by atoms with Gasteiger partial charge in [-0.05, 0) is 23.8 Å². The Morgan fingerprint density at radius 1 is 1.06 bits per heavy atom. The van der Waals surface area contributed by atoms with Gasteiger partial charge in [0, 0.05) is 12.2 Å². The second-order valence-corrected chi connectivity index (χ2v) is 3.73. The normalized spacial score (nSPS) is 9.88. The lowest BCUT2D eigenvalue weighted by atomic mass is 10.2. The van der Waals surface area contributed by atoms with E-state index in [4.69, 9.17) is 5.11 Å². The topological polar surface area (TPSA) is 49.3 Å². The van der Waals surface area contributed by atoms with Crippen molar-refractivity contribution in [1.29, 1.82) is 0 Å². The molecule has 0 aliphatic rings. The maximum absolute atomic E-state index is 10.8. The van der Waals surface area contributed by atoms with Crippen LogP contribution >= 0.6 is 0 Å². The molecule has 0 aliphatic carbocycles. The largest absolute Gasteiger partial charge is 0.478 e. The number of carboxylic acid groups (broad SMARTS) is 1. The van der Waals surface area contributed by atoms with Gasteiger partial charge in [0.15, 0.2) is 0 Å². The van der Waals surface area contributed by atoms with E-state index in [1.165, 1.54) is 0 Å². The average Bonchev–Trinajstić information content (AvgIpc) is 2.38. The zero-order chi connectivity index (χ0) is 12.1. The summed E-state index contributed by atoms with van der Waals surface area (Å²) in [6.07, 6.45) is 0. The van der Waals surface area contributed by atoms with Crippen molar-refractivity contribution in [2.75, 3.05) is 5.32 Å². The molecule has 0 radical (unpaired) electrons. The van der Waals surface area contributed by atoms with E-state index in [0.717, 1.165) is 11.3 Å². The maximum atomic E-state index is 10.8. The number of carbonyl (C=O) groups is 1. The highest BCUT2D eigenvalue weighted by atomic mass is 16.4. The number of aromatic carboxylic acids is 1. The van der Waals surface area contributed by atoms with Crippen molar-refractivity contribution in [3.05, 3.63) is 65.7 Å². The first kappa shape index (κ1) is 11.2. The van der Waals surface area contributed by atoms with Crippen LogP contribution in [0.5, 0.6) is 0 Å². The van der Waals surface area contributed by atoms with E-state index in [0.29, 0.717) is 12.1 Å². The SMILES string of the molecule is O=C(O)c1cccc(NCc2ccccc2)c1. The predicted molar refractivity (Wildman–Crippen MR) is 67.2 cm³/mol. The summed E-state index contributed by atoms with van der Waals surface area (Å²) in [4.78, 5) is 10.8. The molecule has 3 nitrogen and oxygen atoms in total. The van der Waals surface area contributed by atoms with E-state index >= 15 is 0 Å². The molecular formula is C14H13NO2. The third kappa shape index (κ3) is 3.08. The summed E-state index contributed by atoms with van der Waals surface area (Å²) in [5.74, 6) is -0.909. The Hall–Kier alpha value is -2.29. The summed E-state index contributed by atoms with van der Waals surface area (Å²) in [5, 5.41) is 12.1. The monoisotopic (exact) mass is 227 g/mol. The fraction of sp³-hybridized carbons (Fsp3) is 0.0714. The van der Waals surface area contributed by atoms with Gasteiger partial charge in [-0.15, -0.1) is 0 Å². The number of hydrogen-bond acceptors (Lipinski definition) is 2. The molecule has 17 heavy (non-hydrogen) atoms. The Kier molecular flexibility index (Phi) is 3.40. The molecule has 0 aromatic heterocycles. The third-order valence-corrected chi connectivity index (χ3v) is 2.45. The summed E-state index contributed by atoms with van der Waals surface area (Å²) < 4.78 is 0. The van der Waals surface area contributed by atoms with Crippen LogP contribution in [0.3, 0.4) is 0 Å². The molecule has 0 bridgehead atoms. The zero-order valence-electron chi connectivity index (χ0n) is 9.26. The lowest BCUT2D eigenvalue weighted by Crippen LogP contribution is -2.01. The highest BCUT2D eigenvalue weighted by Gasteiger charge is 2.02. The zero-order valence-corrected chi connectivity index (χ0v) is 9.26. The first-order valence-corrected chi connectivity index (χ1v) is 5.37. The van der Waals surface area contributed by atoms with Gasteiger partial charge in [-0.2, -0.15) is 0 Å². The first-order chi connectivity index (χ1) is 8.25. The van der Waals surface area contributed by atoms with Crippen molar-refractivity contribution < 1.29 is 9.90 Å². The summed E-state index contributed by atoms with van der Waals surface area (Å²) in [6.45, 7) is 0.684. The van der Waals surface area contributed by atoms with Gasteiger partial charge >= 0.3 is 5.97 Å². The first-order valence-electron chi connectivity index (χ1n) is 5.37. The summed E-state index contributed by atoms with van der Waals surface area (Å²) in [7, 11) is 0. The molecule has 2 N–H and O–H groups in total. The molecule has 0 atom stereocenters. The van der Waals surface area contributed by atoms with E-state index in [1.807, 2.05) is 36.4 Å². The molecule has 0 saturated heterocycles. The molecule has 2 aromatic carbocycles. The molecule has 0 unspecified atom stereocenters. The van der Waals surface area contributed by atoms with Crippen molar-refractivity contribution in [3.8, 4) is 0 Å². The Bertz CT molecular complexity index is 509. The van der Waals surface area contributed by atoms with E-state index in [2.05, 4.69) is 5.32 Å². The highest BCUT2D eigenvalue weighted by molar-refractivity contribution is 5.88. The quantitative estimate of drug-likeness (QED) is 0.844. The van der Waals surface area contributed by atoms with Gasteiger partial charge in [-0.3, -0.25) is 0 Å². The van der Waals surface area contributed by atoms with Crippen LogP contribution in [0.2, 0.25) is 0 Å². The van der Waals surface area contributed by atoms with Crippen LogP contribution in [0, 0.1) is 0 Å². The minimum atomic E-state index is -0.909. The van der Waals surface area contributed by atoms with Crippen molar-refractivity contribution in [1.82, 2.24) is 0 Å². The fourth-order valence-corrected chi connectivity index (χ4v) is 1.56. The Labute approximate surface area is 99.7 Å². The van der Waals surface area contributed by atoms with Gasteiger partial charge in [-0.25, -0.2) is 4.79 Å². The molecular weight excluding hydrogens is 214 g/mol. The molecule has 2 aromatic rings. The molecule has 2 rings (SSSR count). The van der Waals surface area contributed by atoms with Crippen LogP contribution in [0.25, 0.3) is 0 Å². The number of carboxylic acids is 1. The number of rotatable bonds is 4. The maximum Gasteiger partial charge on any atom is 0.335 e. The van der Waals surface area contributed by atoms with Crippen LogP contribution < -0.4 is 5.32 Å². The van der Waals surface area contributed by atoms with E-state index in [9.17, 15) is 4.79 Å². The Morgan fingerprint density at radius 2 is 1.82 bits per heavy atom. The fourth-order valence-electron chi connectivity index (χ4n) is 1.56. The van der Waals surface area contributed by atoms with E-state index in [-0.39, 0.29) is 0 Å². The summed E-state index contributed by atoms with van der Waals surface area (Å²) in [5.41, 5.74) is 2.27. The van der Waals surface area contributed by atoms with Gasteiger partial charge in [0.25, 0.3) is 0 Å². The second-order valence-electron chi connectivity index (χ2n) is 3.73. The molecule has 0 aliphatic heterocycles. The highest BCUT2D eigenvalue weighted by Crippen LogP contribution is 2.12. The smallest absolute Gasteiger partial charge is 0.335 e. The minimum Gasteiger partial charge on any atom is -0.478 e. The molecule has 0 spiro atoms. The number of benzene rings is 2. The molecule has 0 heterocycles. The average molecular weight is 227 g/mol. The van der Waals surface area contributed by atoms with Gasteiger partial charge in [0.05, 0.1) is 5.56 Å². The second kappa shape index (κ2) is 5.16. The number of anilines is 1. The van der Waals surface area contributed by atoms with Gasteiger partial charge < -0.3 is 10.4 Å². The van der Waals surface area contributed by atoms with Crippen LogP contribution in [0.1, 0.15) is 15.9 Å². The van der Waals surface area contributed by atoms with Crippen molar-refractivity contribution in [2.45, 2.75) is 6.54 Å². The van der Waals surface area contributed by atoms with Crippen molar-refractivity contribution >= 4 is 11.7 Å². The lowest BCUT2D eigenvalue weighted by Gasteiger charge is -2.07. The standard InChI is InChI=1S/C14H13NO2/c16-14(17)12-7-4-8-13(9-12)15-10-11-5-2-1-3-6-11/h1-9,15H,10H2,(H,16,17). The van der Waals surface area contributed by atoms with Crippen LogP contribution in [-0.2, 0) is 6.54 Å². The predicted octanol–water partition coefficient (Wildman–Crippen LogP) is 3.00. The lowest BCUT2D eigenvalue weighted by molar-refractivity contribution is 0.0697. The van der Waals surface area contributed by atoms with Gasteiger partial charge in [0.2, 0.25) is 0 Å². The summed E-state index contributed by atoms with van der Waals surface area (Å²) >= 11 is 0. The van der Waals surface area contributed by atoms with Gasteiger partial charge in [-0.1, -0.05) is 36.4 Å². The van der Waals surface area contributed by atoms with Crippen LogP contribution in [0.4, 0.5) is 5.69 Å². The Balaban J connectivity index is 2.04. The van der Waals surface area contributed by atoms with Crippen molar-refractivity contribution in [2.24, 2.45) is 0 Å². The van der Waals surface area contributed by atoms with Gasteiger partial charge in [0.1, 0.15) is 0 Å². The Morgan fingerprint density at radius 3 is 2.53 bits per heavy atom. The molecule has 0 amide bonds. The van der Waals surface area contributed by atoms with Crippen LogP contribution in [0.15, 0.2) is 54.6 Å². The summed E-state index contributed by atoms with van der Waals surface area (Å²) in [6, 6.07) is 16.8. The van der Waals surface area contributed by atoms with E-state index < -0.39 is 5.97 Å². The number of hydrogen-bond donors (Lipinski definition) is 2. The van der Waals surface area contributed by atoms with Crippen molar-refractivity contribution in [3.63, 3.8) is 0 Å². The third-order valence-electron chi connectivity index (χ3n) is 2.45. The van der Waals surface area contributed by atoms with Crippen LogP contribution in [-0.4, -0.2) is 11.1 Å². The molecule has 0 saturated carbocycles. The molecule has 3 heteroatoms. The molecule has 86 valence electrons. The minimum absolute atomic E-state index is 0.295.